The van der Waals surface area contributed by atoms with Gasteiger partial charge in [0.1, 0.15) is 11.3 Å². The van der Waals surface area contributed by atoms with Crippen molar-refractivity contribution >= 4 is 17.6 Å². The number of carbonyl (C=O) groups excluding carboxylic acids is 2. The van der Waals surface area contributed by atoms with E-state index in [0.29, 0.717) is 0 Å². The van der Waals surface area contributed by atoms with Crippen molar-refractivity contribution in [2.45, 2.75) is 0 Å². The topological polar surface area (TPSA) is 73.9 Å². The molecule has 150 valence electrons. The first-order chi connectivity index (χ1) is 13.2. The summed E-state index contributed by atoms with van der Waals surface area (Å²) in [6.45, 7) is -1.07. The molecule has 0 radical (unpaired) electrons. The number of hydrogen-bond donors (Lipinski definition) is 1. The molecule has 0 heterocycles. The van der Waals surface area contributed by atoms with Crippen LogP contribution in [0.5, 0.6) is 11.5 Å². The number of nitrogens with one attached hydrogen (secondary N) is 1. The van der Waals surface area contributed by atoms with E-state index >= 15 is 0 Å². The fourth-order valence-electron chi connectivity index (χ4n) is 2.15. The van der Waals surface area contributed by atoms with Crippen molar-refractivity contribution in [1.29, 1.82) is 0 Å². The Labute approximate surface area is 154 Å². The normalized spacial score (nSPS) is 10.4. The van der Waals surface area contributed by atoms with Crippen LogP contribution in [0.2, 0.25) is 0 Å². The Morgan fingerprint density at radius 3 is 2.00 bits per heavy atom. The first-order valence-electron chi connectivity index (χ1n) is 7.42. The SMILES string of the molecule is COc1cccc(C(=O)OCC(=O)Nc2c(F)c(F)c(F)c(F)c2F)c1OC. The predicted octanol–water partition coefficient (Wildman–Crippen LogP) is 3.19. The number of rotatable bonds is 6. The smallest absolute Gasteiger partial charge is 0.342 e. The Morgan fingerprint density at radius 2 is 1.46 bits per heavy atom. The summed E-state index contributed by atoms with van der Waals surface area (Å²) in [5.41, 5.74) is -1.68. The fraction of sp³-hybridized carbons (Fsp3) is 0.176. The van der Waals surface area contributed by atoms with Gasteiger partial charge in [0, 0.05) is 0 Å². The van der Waals surface area contributed by atoms with Crippen molar-refractivity contribution in [2.75, 3.05) is 26.1 Å². The van der Waals surface area contributed by atoms with Crippen LogP contribution in [0.4, 0.5) is 27.6 Å². The molecule has 2 aromatic carbocycles. The van der Waals surface area contributed by atoms with Crippen LogP contribution in [0.1, 0.15) is 10.4 Å². The highest BCUT2D eigenvalue weighted by atomic mass is 19.2. The first kappa shape index (κ1) is 20.9. The van der Waals surface area contributed by atoms with E-state index in [9.17, 15) is 31.5 Å². The molecule has 0 saturated carbocycles. The second kappa shape index (κ2) is 8.55. The van der Waals surface area contributed by atoms with E-state index in [-0.39, 0.29) is 17.1 Å². The maximum Gasteiger partial charge on any atom is 0.342 e. The average molecular weight is 405 g/mol. The van der Waals surface area contributed by atoms with Gasteiger partial charge in [-0.15, -0.1) is 0 Å². The van der Waals surface area contributed by atoms with Gasteiger partial charge in [-0.25, -0.2) is 26.7 Å². The van der Waals surface area contributed by atoms with E-state index < -0.39 is 53.3 Å². The van der Waals surface area contributed by atoms with Crippen LogP contribution in [0, 0.1) is 29.1 Å². The zero-order chi connectivity index (χ0) is 21.0. The van der Waals surface area contributed by atoms with E-state index in [2.05, 4.69) is 4.74 Å². The minimum absolute atomic E-state index is 0.00942. The van der Waals surface area contributed by atoms with Crippen molar-refractivity contribution < 1.29 is 45.8 Å². The number of carbonyl (C=O) groups is 2. The molecular formula is C17H12F5NO5. The Hall–Kier alpha value is -3.37. The van der Waals surface area contributed by atoms with E-state index in [1.54, 1.807) is 0 Å². The minimum atomic E-state index is -2.37. The lowest BCUT2D eigenvalue weighted by Gasteiger charge is -2.12. The molecule has 0 fully saturated rings. The highest BCUT2D eigenvalue weighted by Gasteiger charge is 2.27. The van der Waals surface area contributed by atoms with Crippen LogP contribution in [-0.2, 0) is 9.53 Å². The summed E-state index contributed by atoms with van der Waals surface area (Å²) in [6, 6.07) is 4.23. The monoisotopic (exact) mass is 405 g/mol. The van der Waals surface area contributed by atoms with Gasteiger partial charge >= 0.3 is 5.97 Å². The number of anilines is 1. The molecule has 2 rings (SSSR count). The van der Waals surface area contributed by atoms with Gasteiger partial charge in [-0.1, -0.05) is 6.07 Å². The van der Waals surface area contributed by atoms with Crippen LogP contribution in [0.3, 0.4) is 0 Å². The van der Waals surface area contributed by atoms with Gasteiger partial charge in [0.2, 0.25) is 5.82 Å². The zero-order valence-electron chi connectivity index (χ0n) is 14.4. The molecule has 6 nitrogen and oxygen atoms in total. The van der Waals surface area contributed by atoms with Crippen LogP contribution in [-0.4, -0.2) is 32.7 Å². The Bertz CT molecular complexity index is 906. The Morgan fingerprint density at radius 1 is 0.893 bits per heavy atom. The van der Waals surface area contributed by atoms with E-state index in [0.717, 1.165) is 0 Å². The molecule has 1 N–H and O–H groups in total. The average Bonchev–Trinajstić information content (AvgIpc) is 2.71. The molecule has 0 aliphatic heterocycles. The van der Waals surface area contributed by atoms with Gasteiger partial charge in [-0.2, -0.15) is 0 Å². The second-order valence-electron chi connectivity index (χ2n) is 5.11. The summed E-state index contributed by atoms with van der Waals surface area (Å²) in [6.07, 6.45) is 0. The minimum Gasteiger partial charge on any atom is -0.493 e. The number of para-hydroxylation sites is 1. The van der Waals surface area contributed by atoms with Gasteiger partial charge in [-0.05, 0) is 12.1 Å². The lowest BCUT2D eigenvalue weighted by molar-refractivity contribution is -0.119. The summed E-state index contributed by atoms with van der Waals surface area (Å²) >= 11 is 0. The first-order valence-corrected chi connectivity index (χ1v) is 7.42. The van der Waals surface area contributed by atoms with Crippen LogP contribution in [0.25, 0.3) is 0 Å². The van der Waals surface area contributed by atoms with E-state index in [1.807, 2.05) is 0 Å². The van der Waals surface area contributed by atoms with Crippen molar-refractivity contribution in [1.82, 2.24) is 0 Å². The Kier molecular flexibility index (Phi) is 6.39. The van der Waals surface area contributed by atoms with Crippen LogP contribution >= 0.6 is 0 Å². The molecule has 0 saturated heterocycles. The maximum atomic E-state index is 13.5. The van der Waals surface area contributed by atoms with Crippen molar-refractivity contribution in [3.05, 3.63) is 52.8 Å². The number of esters is 1. The quantitative estimate of drug-likeness (QED) is 0.346. The molecule has 0 unspecified atom stereocenters. The molecule has 0 atom stereocenters. The van der Waals surface area contributed by atoms with Crippen molar-refractivity contribution in [3.63, 3.8) is 0 Å². The standard InChI is InChI=1S/C17H12F5NO5/c1-26-8-5-3-4-7(16(8)27-2)17(25)28-6-9(24)23-15-13(21)11(19)10(18)12(20)14(15)22/h3-5H,6H2,1-2H3,(H,23,24). The third-order valence-electron chi connectivity index (χ3n) is 3.43. The summed E-state index contributed by atoms with van der Waals surface area (Å²) in [4.78, 5) is 23.8. The number of halogens is 5. The molecule has 0 aliphatic rings. The lowest BCUT2D eigenvalue weighted by Crippen LogP contribution is -2.23. The summed E-state index contributed by atoms with van der Waals surface area (Å²) in [5.74, 6) is -13.5. The molecule has 11 heteroatoms. The third kappa shape index (κ3) is 3.97. The zero-order valence-corrected chi connectivity index (χ0v) is 14.4. The fourth-order valence-corrected chi connectivity index (χ4v) is 2.15. The maximum absolute atomic E-state index is 13.5. The van der Waals surface area contributed by atoms with Gasteiger partial charge in [0.15, 0.2) is 41.4 Å². The summed E-state index contributed by atoms with van der Waals surface area (Å²) < 4.78 is 81.0. The van der Waals surface area contributed by atoms with Crippen LogP contribution in [0.15, 0.2) is 18.2 Å². The number of ether oxygens (including phenoxy) is 3. The molecule has 0 bridgehead atoms. The van der Waals surface area contributed by atoms with Gasteiger partial charge in [-0.3, -0.25) is 4.79 Å². The van der Waals surface area contributed by atoms with Gasteiger partial charge < -0.3 is 19.5 Å². The number of benzene rings is 2. The number of amides is 1. The Balaban J connectivity index is 2.13. The number of methoxy groups -OCH3 is 2. The lowest BCUT2D eigenvalue weighted by atomic mass is 10.2. The largest absolute Gasteiger partial charge is 0.493 e. The summed E-state index contributed by atoms with van der Waals surface area (Å²) in [7, 11) is 2.58. The summed E-state index contributed by atoms with van der Waals surface area (Å²) in [5, 5.41) is 1.48. The van der Waals surface area contributed by atoms with Crippen LogP contribution < -0.4 is 14.8 Å². The molecule has 1 amide bonds. The van der Waals surface area contributed by atoms with Crippen molar-refractivity contribution in [2.24, 2.45) is 0 Å². The van der Waals surface area contributed by atoms with E-state index in [1.165, 1.54) is 37.7 Å². The van der Waals surface area contributed by atoms with E-state index in [4.69, 9.17) is 9.47 Å². The molecule has 0 aromatic heterocycles. The highest BCUT2D eigenvalue weighted by Crippen LogP contribution is 2.31. The van der Waals surface area contributed by atoms with Gasteiger partial charge in [0.25, 0.3) is 5.91 Å². The number of hydrogen-bond acceptors (Lipinski definition) is 5. The molecule has 0 spiro atoms. The second-order valence-corrected chi connectivity index (χ2v) is 5.11. The molecule has 2 aromatic rings. The highest BCUT2D eigenvalue weighted by molar-refractivity contribution is 5.97. The van der Waals surface area contributed by atoms with Crippen molar-refractivity contribution in [3.8, 4) is 11.5 Å². The third-order valence-corrected chi connectivity index (χ3v) is 3.43. The molecule has 0 aliphatic carbocycles. The predicted molar refractivity (Wildman–Crippen MR) is 84.7 cm³/mol. The van der Waals surface area contributed by atoms with Gasteiger partial charge in [0.05, 0.1) is 14.2 Å². The molecule has 28 heavy (non-hydrogen) atoms. The molecular weight excluding hydrogens is 393 g/mol.